The van der Waals surface area contributed by atoms with Crippen LogP contribution in [-0.2, 0) is 16.0 Å². The maximum atomic E-state index is 10.9. The SMILES string of the molecule is CC(=O)Nc1ccc(C(=O)O)c(CC(=O)O)c1. The van der Waals surface area contributed by atoms with Gasteiger partial charge in [0.2, 0.25) is 5.91 Å². The summed E-state index contributed by atoms with van der Waals surface area (Å²) in [5.74, 6) is -2.64. The first-order valence-electron chi connectivity index (χ1n) is 4.75. The van der Waals surface area contributed by atoms with E-state index in [4.69, 9.17) is 10.2 Å². The molecule has 6 nitrogen and oxygen atoms in total. The Kier molecular flexibility index (Phi) is 3.82. The summed E-state index contributed by atoms with van der Waals surface area (Å²) in [6, 6.07) is 4.03. The minimum atomic E-state index is -1.20. The Labute approximate surface area is 96.9 Å². The molecule has 0 aliphatic carbocycles. The third-order valence-electron chi connectivity index (χ3n) is 2.00. The quantitative estimate of drug-likeness (QED) is 0.723. The van der Waals surface area contributed by atoms with E-state index >= 15 is 0 Å². The van der Waals surface area contributed by atoms with Gasteiger partial charge in [-0.2, -0.15) is 0 Å². The first-order valence-corrected chi connectivity index (χ1v) is 4.75. The van der Waals surface area contributed by atoms with Gasteiger partial charge in [-0.3, -0.25) is 9.59 Å². The maximum absolute atomic E-state index is 10.9. The van der Waals surface area contributed by atoms with Crippen molar-refractivity contribution in [2.24, 2.45) is 0 Å². The van der Waals surface area contributed by atoms with Gasteiger partial charge in [-0.15, -0.1) is 0 Å². The van der Waals surface area contributed by atoms with Crippen molar-refractivity contribution in [1.29, 1.82) is 0 Å². The van der Waals surface area contributed by atoms with Crippen LogP contribution in [0.3, 0.4) is 0 Å². The van der Waals surface area contributed by atoms with Crippen LogP contribution >= 0.6 is 0 Å². The van der Waals surface area contributed by atoms with Crippen LogP contribution in [0.25, 0.3) is 0 Å². The van der Waals surface area contributed by atoms with Gasteiger partial charge < -0.3 is 15.5 Å². The van der Waals surface area contributed by atoms with E-state index in [2.05, 4.69) is 5.32 Å². The molecule has 0 aliphatic rings. The number of rotatable bonds is 4. The summed E-state index contributed by atoms with van der Waals surface area (Å²) in [6.07, 6.45) is -0.408. The van der Waals surface area contributed by atoms with E-state index in [1.165, 1.54) is 25.1 Å². The number of carbonyl (C=O) groups is 3. The zero-order valence-corrected chi connectivity index (χ0v) is 9.06. The Balaban J connectivity index is 3.13. The molecule has 0 bridgehead atoms. The van der Waals surface area contributed by atoms with Crippen LogP contribution in [0.1, 0.15) is 22.8 Å². The van der Waals surface area contributed by atoms with Crippen molar-refractivity contribution in [2.75, 3.05) is 5.32 Å². The molecule has 0 radical (unpaired) electrons. The standard InChI is InChI=1S/C11H11NO5/c1-6(13)12-8-2-3-9(11(16)17)7(4-8)5-10(14)15/h2-4H,5H2,1H3,(H,12,13)(H,14,15)(H,16,17). The summed E-state index contributed by atoms with van der Waals surface area (Å²) in [5.41, 5.74) is 0.441. The van der Waals surface area contributed by atoms with Crippen molar-refractivity contribution in [3.63, 3.8) is 0 Å². The molecule has 6 heteroatoms. The minimum absolute atomic E-state index is 0.0819. The van der Waals surface area contributed by atoms with Crippen molar-refractivity contribution in [3.05, 3.63) is 29.3 Å². The monoisotopic (exact) mass is 237 g/mol. The predicted octanol–water partition coefficient (Wildman–Crippen LogP) is 0.970. The summed E-state index contributed by atoms with van der Waals surface area (Å²) < 4.78 is 0. The summed E-state index contributed by atoms with van der Waals surface area (Å²) in [6.45, 7) is 1.31. The highest BCUT2D eigenvalue weighted by Gasteiger charge is 2.13. The summed E-state index contributed by atoms with van der Waals surface area (Å²) in [7, 11) is 0. The molecular formula is C11H11NO5. The fourth-order valence-electron chi connectivity index (χ4n) is 1.39. The molecule has 90 valence electrons. The van der Waals surface area contributed by atoms with Crippen LogP contribution in [0.2, 0.25) is 0 Å². The van der Waals surface area contributed by atoms with Gasteiger partial charge >= 0.3 is 11.9 Å². The highest BCUT2D eigenvalue weighted by molar-refractivity contribution is 5.93. The number of carbonyl (C=O) groups excluding carboxylic acids is 1. The summed E-state index contributed by atoms with van der Waals surface area (Å²) in [4.78, 5) is 32.3. The molecule has 1 aromatic rings. The number of aromatic carboxylic acids is 1. The average molecular weight is 237 g/mol. The average Bonchev–Trinajstić information content (AvgIpc) is 2.15. The van der Waals surface area contributed by atoms with Gasteiger partial charge in [-0.05, 0) is 23.8 Å². The molecule has 1 amide bonds. The highest BCUT2D eigenvalue weighted by atomic mass is 16.4. The van der Waals surface area contributed by atoms with Gasteiger partial charge in [0.1, 0.15) is 0 Å². The van der Waals surface area contributed by atoms with E-state index in [0.717, 1.165) is 0 Å². The lowest BCUT2D eigenvalue weighted by atomic mass is 10.0. The Morgan fingerprint density at radius 1 is 1.24 bits per heavy atom. The van der Waals surface area contributed by atoms with Gasteiger partial charge in [0.15, 0.2) is 0 Å². The fraction of sp³-hybridized carbons (Fsp3) is 0.182. The lowest BCUT2D eigenvalue weighted by Gasteiger charge is -2.07. The van der Waals surface area contributed by atoms with Crippen molar-refractivity contribution in [1.82, 2.24) is 0 Å². The van der Waals surface area contributed by atoms with Crippen molar-refractivity contribution < 1.29 is 24.6 Å². The minimum Gasteiger partial charge on any atom is -0.481 e. The Bertz CT molecular complexity index is 481. The van der Waals surface area contributed by atoms with E-state index in [1.807, 2.05) is 0 Å². The van der Waals surface area contributed by atoms with Gasteiger partial charge in [0.25, 0.3) is 0 Å². The number of carboxylic acid groups (broad SMARTS) is 2. The molecule has 1 aromatic carbocycles. The highest BCUT2D eigenvalue weighted by Crippen LogP contribution is 2.17. The Hall–Kier alpha value is -2.37. The van der Waals surface area contributed by atoms with Crippen molar-refractivity contribution in [3.8, 4) is 0 Å². The van der Waals surface area contributed by atoms with E-state index in [1.54, 1.807) is 0 Å². The third-order valence-corrected chi connectivity index (χ3v) is 2.00. The Morgan fingerprint density at radius 2 is 1.88 bits per heavy atom. The van der Waals surface area contributed by atoms with Crippen LogP contribution in [0.5, 0.6) is 0 Å². The number of nitrogens with one attached hydrogen (secondary N) is 1. The Morgan fingerprint density at radius 3 is 2.35 bits per heavy atom. The number of hydrogen-bond donors (Lipinski definition) is 3. The fourth-order valence-corrected chi connectivity index (χ4v) is 1.39. The maximum Gasteiger partial charge on any atom is 0.335 e. The van der Waals surface area contributed by atoms with Gasteiger partial charge in [0.05, 0.1) is 12.0 Å². The summed E-state index contributed by atoms with van der Waals surface area (Å²) in [5, 5.41) is 20.0. The molecule has 17 heavy (non-hydrogen) atoms. The number of aliphatic carboxylic acids is 1. The van der Waals surface area contributed by atoms with Gasteiger partial charge in [0, 0.05) is 12.6 Å². The molecule has 0 fully saturated rings. The molecule has 0 spiro atoms. The van der Waals surface area contributed by atoms with Crippen LogP contribution in [0, 0.1) is 0 Å². The number of benzene rings is 1. The third kappa shape index (κ3) is 3.60. The number of anilines is 1. The largest absolute Gasteiger partial charge is 0.481 e. The molecule has 0 aromatic heterocycles. The van der Waals surface area contributed by atoms with Crippen molar-refractivity contribution >= 4 is 23.5 Å². The number of hydrogen-bond acceptors (Lipinski definition) is 3. The second kappa shape index (κ2) is 5.11. The topological polar surface area (TPSA) is 104 Å². The second-order valence-electron chi connectivity index (χ2n) is 3.43. The van der Waals surface area contributed by atoms with Crippen LogP contribution in [-0.4, -0.2) is 28.1 Å². The normalized spacial score (nSPS) is 9.71. The lowest BCUT2D eigenvalue weighted by molar-refractivity contribution is -0.136. The van der Waals surface area contributed by atoms with E-state index in [0.29, 0.717) is 5.69 Å². The molecule has 0 heterocycles. The zero-order chi connectivity index (χ0) is 13.0. The van der Waals surface area contributed by atoms with E-state index in [-0.39, 0.29) is 17.0 Å². The first-order chi connectivity index (χ1) is 7.90. The molecule has 0 saturated heterocycles. The molecular weight excluding hydrogens is 226 g/mol. The van der Waals surface area contributed by atoms with E-state index in [9.17, 15) is 14.4 Å². The van der Waals surface area contributed by atoms with Crippen LogP contribution in [0.4, 0.5) is 5.69 Å². The summed E-state index contributed by atoms with van der Waals surface area (Å²) >= 11 is 0. The zero-order valence-electron chi connectivity index (χ0n) is 9.06. The van der Waals surface area contributed by atoms with Gasteiger partial charge in [-0.1, -0.05) is 0 Å². The number of amides is 1. The van der Waals surface area contributed by atoms with Crippen molar-refractivity contribution in [2.45, 2.75) is 13.3 Å². The van der Waals surface area contributed by atoms with E-state index < -0.39 is 18.4 Å². The number of carboxylic acids is 2. The smallest absolute Gasteiger partial charge is 0.335 e. The van der Waals surface area contributed by atoms with Gasteiger partial charge in [-0.25, -0.2) is 4.79 Å². The molecule has 0 atom stereocenters. The second-order valence-corrected chi connectivity index (χ2v) is 3.43. The molecule has 0 saturated carbocycles. The molecule has 0 unspecified atom stereocenters. The molecule has 1 rings (SSSR count). The predicted molar refractivity (Wildman–Crippen MR) is 59.0 cm³/mol. The van der Waals surface area contributed by atoms with Crippen LogP contribution in [0.15, 0.2) is 18.2 Å². The molecule has 0 aliphatic heterocycles. The molecule has 3 N–H and O–H groups in total. The first kappa shape index (κ1) is 12.7. The lowest BCUT2D eigenvalue weighted by Crippen LogP contribution is -2.11. The van der Waals surface area contributed by atoms with Crippen LogP contribution < -0.4 is 5.32 Å².